The third kappa shape index (κ3) is 8.49. The fourth-order valence-corrected chi connectivity index (χ4v) is 4.00. The van der Waals surface area contributed by atoms with Crippen molar-refractivity contribution in [3.05, 3.63) is 89.0 Å². The Bertz CT molecular complexity index is 1560. The van der Waals surface area contributed by atoms with Crippen LogP contribution in [-0.2, 0) is 9.59 Å². The quantitative estimate of drug-likeness (QED) is 0.124. The number of anilines is 1. The van der Waals surface area contributed by atoms with Crippen LogP contribution in [0.25, 0.3) is 0 Å². The number of benzene rings is 3. The van der Waals surface area contributed by atoms with Gasteiger partial charge in [-0.25, -0.2) is 4.79 Å². The Morgan fingerprint density at radius 1 is 0.978 bits per heavy atom. The lowest BCUT2D eigenvalue weighted by Gasteiger charge is -2.24. The van der Waals surface area contributed by atoms with Crippen molar-refractivity contribution in [3.63, 3.8) is 0 Å². The Morgan fingerprint density at radius 2 is 1.53 bits per heavy atom. The summed E-state index contributed by atoms with van der Waals surface area (Å²) in [4.78, 5) is 48.2. The highest BCUT2D eigenvalue weighted by Gasteiger charge is 2.39. The zero-order chi connectivity index (χ0) is 33.5. The van der Waals surface area contributed by atoms with Crippen LogP contribution in [0.5, 0.6) is 11.5 Å². The van der Waals surface area contributed by atoms with Crippen LogP contribution in [0.1, 0.15) is 58.7 Å². The molecular weight excluding hydrogens is 599 g/mol. The number of hydrogen-bond acceptors (Lipinski definition) is 8. The molecule has 0 saturated carbocycles. The van der Waals surface area contributed by atoms with Gasteiger partial charge in [-0.05, 0) is 74.9 Å². The van der Waals surface area contributed by atoms with E-state index in [0.717, 1.165) is 5.01 Å². The van der Waals surface area contributed by atoms with Gasteiger partial charge in [0.1, 0.15) is 11.9 Å². The molecule has 15 heteroatoms. The van der Waals surface area contributed by atoms with Crippen molar-refractivity contribution in [2.45, 2.75) is 39.1 Å². The standard InChI is InChI=1S/C28H29N5O5.C2HF3O2/c1-4-37-23-15-18(11-14-22(23)38-16(2)3)24(31-19-12-9-17(10-13-19)25(29)30)26(34)32-33-27(35)20-7-5-6-8-21(20)28(33)36;3-2(4,5)1(6)7/h5-16,24,31H,4H2,1-3H3,(H3,29,30)(H,32,34);(H,6,7). The summed E-state index contributed by atoms with van der Waals surface area (Å²) >= 11 is 0. The van der Waals surface area contributed by atoms with E-state index in [1.807, 2.05) is 20.8 Å². The van der Waals surface area contributed by atoms with Gasteiger partial charge in [-0.2, -0.15) is 18.2 Å². The van der Waals surface area contributed by atoms with E-state index >= 15 is 0 Å². The molecule has 0 fully saturated rings. The topological polar surface area (TPSA) is 184 Å². The zero-order valence-electron chi connectivity index (χ0n) is 24.3. The van der Waals surface area contributed by atoms with Crippen molar-refractivity contribution in [1.29, 1.82) is 5.41 Å². The number of carboxylic acid groups (broad SMARTS) is 1. The Hall–Kier alpha value is -5.60. The van der Waals surface area contributed by atoms with E-state index in [4.69, 9.17) is 30.5 Å². The molecule has 0 saturated heterocycles. The van der Waals surface area contributed by atoms with E-state index < -0.39 is 35.9 Å². The smallest absolute Gasteiger partial charge is 0.490 e. The SMILES string of the molecule is CCOc1cc(C(Nc2ccc(C(=N)N)cc2)C(=O)NN2C(=O)c3ccccc3C2=O)ccc1OC(C)C.O=C(O)C(F)(F)F. The fraction of sp³-hybridized carbons (Fsp3) is 0.233. The first-order chi connectivity index (χ1) is 21.1. The lowest BCUT2D eigenvalue weighted by atomic mass is 10.0. The highest BCUT2D eigenvalue weighted by atomic mass is 19.4. The summed E-state index contributed by atoms with van der Waals surface area (Å²) in [7, 11) is 0. The Morgan fingerprint density at radius 3 is 2.00 bits per heavy atom. The second kappa shape index (κ2) is 14.2. The molecule has 0 radical (unpaired) electrons. The number of aliphatic carboxylic acids is 1. The number of hydrogen-bond donors (Lipinski definition) is 5. The molecule has 238 valence electrons. The maximum absolute atomic E-state index is 13.6. The summed E-state index contributed by atoms with van der Waals surface area (Å²) in [5.74, 6) is -3.73. The van der Waals surface area contributed by atoms with Gasteiger partial charge >= 0.3 is 12.1 Å². The van der Waals surface area contributed by atoms with Gasteiger partial charge in [0.15, 0.2) is 11.5 Å². The van der Waals surface area contributed by atoms with Gasteiger partial charge in [-0.15, -0.1) is 0 Å². The second-order valence-electron chi connectivity index (χ2n) is 9.64. The molecule has 3 aromatic rings. The highest BCUT2D eigenvalue weighted by Crippen LogP contribution is 2.33. The number of hydrazine groups is 1. The minimum Gasteiger partial charge on any atom is -0.490 e. The number of carboxylic acids is 1. The van der Waals surface area contributed by atoms with Crippen LogP contribution in [0.3, 0.4) is 0 Å². The number of carbonyl (C=O) groups excluding carboxylic acids is 3. The summed E-state index contributed by atoms with van der Waals surface area (Å²) in [5.41, 5.74) is 10.1. The summed E-state index contributed by atoms with van der Waals surface area (Å²) in [6.45, 7) is 6.01. The largest absolute Gasteiger partial charge is 0.490 e. The third-order valence-corrected chi connectivity index (χ3v) is 5.99. The van der Waals surface area contributed by atoms with Crippen molar-refractivity contribution < 1.29 is 46.9 Å². The van der Waals surface area contributed by atoms with E-state index in [1.54, 1.807) is 54.6 Å². The monoisotopic (exact) mass is 629 g/mol. The number of ether oxygens (including phenoxy) is 2. The van der Waals surface area contributed by atoms with Gasteiger partial charge in [0.05, 0.1) is 23.8 Å². The lowest BCUT2D eigenvalue weighted by molar-refractivity contribution is -0.192. The molecule has 1 unspecified atom stereocenters. The Balaban J connectivity index is 0.000000707. The number of nitrogens with two attached hydrogens (primary N) is 1. The van der Waals surface area contributed by atoms with Gasteiger partial charge in [0.25, 0.3) is 17.7 Å². The number of amides is 3. The van der Waals surface area contributed by atoms with Crippen LogP contribution in [0, 0.1) is 5.41 Å². The number of rotatable bonds is 10. The molecule has 3 aromatic carbocycles. The molecule has 0 spiro atoms. The van der Waals surface area contributed by atoms with Crippen LogP contribution < -0.4 is 25.9 Å². The molecule has 1 aliphatic rings. The Labute approximate surface area is 255 Å². The number of fused-ring (bicyclic) bond motifs is 1. The molecule has 1 atom stereocenters. The van der Waals surface area contributed by atoms with E-state index in [1.165, 1.54) is 12.1 Å². The van der Waals surface area contributed by atoms with Gasteiger partial charge in [-0.3, -0.25) is 25.2 Å². The van der Waals surface area contributed by atoms with Crippen LogP contribution in [-0.4, -0.2) is 58.5 Å². The maximum atomic E-state index is 13.6. The number of carbonyl (C=O) groups is 4. The van der Waals surface area contributed by atoms with Gasteiger partial charge in [0, 0.05) is 11.3 Å². The van der Waals surface area contributed by atoms with Crippen molar-refractivity contribution in [3.8, 4) is 11.5 Å². The molecular formula is C30H30F3N5O7. The van der Waals surface area contributed by atoms with E-state index in [9.17, 15) is 27.6 Å². The van der Waals surface area contributed by atoms with Gasteiger partial charge < -0.3 is 25.6 Å². The first-order valence-corrected chi connectivity index (χ1v) is 13.4. The van der Waals surface area contributed by atoms with Gasteiger partial charge in [-0.1, -0.05) is 18.2 Å². The average molecular weight is 630 g/mol. The predicted molar refractivity (Wildman–Crippen MR) is 156 cm³/mol. The molecule has 3 amide bonds. The Kier molecular flexibility index (Phi) is 10.7. The van der Waals surface area contributed by atoms with Crippen LogP contribution in [0.2, 0.25) is 0 Å². The molecule has 4 rings (SSSR count). The molecule has 45 heavy (non-hydrogen) atoms. The van der Waals surface area contributed by atoms with E-state index in [-0.39, 0.29) is 23.1 Å². The summed E-state index contributed by atoms with van der Waals surface area (Å²) in [5, 5.41) is 18.6. The van der Waals surface area contributed by atoms with Gasteiger partial charge in [0.2, 0.25) is 0 Å². The molecule has 1 aliphatic heterocycles. The molecule has 12 nitrogen and oxygen atoms in total. The number of imide groups is 1. The average Bonchev–Trinajstić information content (AvgIpc) is 3.21. The zero-order valence-corrected chi connectivity index (χ0v) is 24.3. The number of nitrogens with zero attached hydrogens (tertiary/aromatic N) is 1. The molecule has 0 bridgehead atoms. The minimum atomic E-state index is -5.08. The van der Waals surface area contributed by atoms with Crippen molar-refractivity contribution in [1.82, 2.24) is 10.4 Å². The van der Waals surface area contributed by atoms with Crippen molar-refractivity contribution in [2.75, 3.05) is 11.9 Å². The second-order valence-corrected chi connectivity index (χ2v) is 9.64. The normalized spacial score (nSPS) is 12.9. The molecule has 0 aliphatic carbocycles. The summed E-state index contributed by atoms with van der Waals surface area (Å²) in [6, 6.07) is 17.1. The molecule has 1 heterocycles. The number of amidine groups is 1. The van der Waals surface area contributed by atoms with Crippen molar-refractivity contribution in [2.24, 2.45) is 5.73 Å². The minimum absolute atomic E-state index is 0.0847. The highest BCUT2D eigenvalue weighted by molar-refractivity contribution is 6.21. The predicted octanol–water partition coefficient (Wildman–Crippen LogP) is 4.27. The first-order valence-electron chi connectivity index (χ1n) is 13.4. The maximum Gasteiger partial charge on any atom is 0.490 e. The number of nitrogens with one attached hydrogen (secondary N) is 3. The number of halogens is 3. The number of nitrogen functional groups attached to an aromatic ring is 1. The lowest BCUT2D eigenvalue weighted by Crippen LogP contribution is -2.48. The fourth-order valence-electron chi connectivity index (χ4n) is 4.00. The van der Waals surface area contributed by atoms with Crippen molar-refractivity contribution >= 4 is 35.2 Å². The summed E-state index contributed by atoms with van der Waals surface area (Å²) < 4.78 is 43.3. The van der Waals surface area contributed by atoms with E-state index in [0.29, 0.717) is 34.9 Å². The summed E-state index contributed by atoms with van der Waals surface area (Å²) in [6.07, 6.45) is -5.18. The van der Waals surface area contributed by atoms with E-state index in [2.05, 4.69) is 10.7 Å². The molecule has 6 N–H and O–H groups in total. The van der Waals surface area contributed by atoms with Crippen LogP contribution >= 0.6 is 0 Å². The van der Waals surface area contributed by atoms with Crippen LogP contribution in [0.15, 0.2) is 66.7 Å². The number of alkyl halides is 3. The third-order valence-electron chi connectivity index (χ3n) is 5.99. The molecule has 0 aromatic heterocycles. The van der Waals surface area contributed by atoms with Crippen LogP contribution in [0.4, 0.5) is 18.9 Å². The first kappa shape index (κ1) is 33.9.